The Bertz CT molecular complexity index is 741. The molecule has 0 aliphatic rings. The Hall–Kier alpha value is -3.01. The normalized spacial score (nSPS) is 11.8. The molecule has 7 heteroatoms. The van der Waals surface area contributed by atoms with Crippen LogP contribution in [0.1, 0.15) is 11.1 Å². The van der Waals surface area contributed by atoms with Crippen molar-refractivity contribution in [1.82, 2.24) is 0 Å². The van der Waals surface area contributed by atoms with Crippen LogP contribution in [0.2, 0.25) is 0 Å². The number of nitrogens with one attached hydrogen (secondary N) is 1. The number of amides is 1. The molecule has 1 aromatic carbocycles. The number of furan rings is 1. The van der Waals surface area contributed by atoms with E-state index in [1.165, 1.54) is 36.8 Å². The van der Waals surface area contributed by atoms with E-state index < -0.39 is 17.6 Å². The number of nitrogens with zero attached hydrogens (tertiary/aromatic N) is 1. The first-order chi connectivity index (χ1) is 10.4. The first-order valence-electron chi connectivity index (χ1n) is 6.03. The summed E-state index contributed by atoms with van der Waals surface area (Å²) in [7, 11) is 0. The number of nitriles is 1. The molecule has 0 saturated heterocycles. The number of hydrogen-bond acceptors (Lipinski definition) is 3. The number of carbonyl (C=O) groups is 1. The van der Waals surface area contributed by atoms with Crippen molar-refractivity contribution in [1.29, 1.82) is 5.26 Å². The maximum absolute atomic E-state index is 12.6. The highest BCUT2D eigenvalue weighted by atomic mass is 19.4. The molecule has 0 spiro atoms. The van der Waals surface area contributed by atoms with Gasteiger partial charge in [-0.15, -0.1) is 0 Å². The molecule has 0 radical (unpaired) electrons. The summed E-state index contributed by atoms with van der Waals surface area (Å²) in [4.78, 5) is 11.9. The third-order valence-electron chi connectivity index (χ3n) is 2.67. The number of anilines is 1. The molecule has 2 rings (SSSR count). The molecule has 1 aromatic heterocycles. The molecule has 0 aliphatic heterocycles. The van der Waals surface area contributed by atoms with E-state index in [0.29, 0.717) is 5.56 Å². The second-order valence-corrected chi connectivity index (χ2v) is 4.26. The van der Waals surface area contributed by atoms with Crippen molar-refractivity contribution in [3.63, 3.8) is 0 Å². The molecule has 0 bridgehead atoms. The van der Waals surface area contributed by atoms with E-state index in [0.717, 1.165) is 12.1 Å². The number of hydrogen-bond donors (Lipinski definition) is 1. The molecule has 1 N–H and O–H groups in total. The summed E-state index contributed by atoms with van der Waals surface area (Å²) < 4.78 is 42.6. The van der Waals surface area contributed by atoms with Gasteiger partial charge < -0.3 is 9.73 Å². The third-order valence-corrected chi connectivity index (χ3v) is 2.67. The minimum Gasteiger partial charge on any atom is -0.472 e. The van der Waals surface area contributed by atoms with Crippen LogP contribution in [0.15, 0.2) is 52.8 Å². The van der Waals surface area contributed by atoms with Gasteiger partial charge in [0.05, 0.1) is 18.1 Å². The SMILES string of the molecule is N#CC(=Cc1ccoc1)C(=O)Nc1cccc(C(F)(F)F)c1. The standard InChI is InChI=1S/C15H9F3N2O2/c16-15(17,18)12-2-1-3-13(7-12)20-14(21)11(8-19)6-10-4-5-22-9-10/h1-7,9H,(H,20,21). The smallest absolute Gasteiger partial charge is 0.416 e. The van der Waals surface area contributed by atoms with E-state index in [2.05, 4.69) is 5.32 Å². The van der Waals surface area contributed by atoms with Gasteiger partial charge in [-0.25, -0.2) is 0 Å². The zero-order chi connectivity index (χ0) is 16.2. The third kappa shape index (κ3) is 3.76. The zero-order valence-corrected chi connectivity index (χ0v) is 11.0. The highest BCUT2D eigenvalue weighted by Gasteiger charge is 2.30. The van der Waals surface area contributed by atoms with E-state index in [1.807, 2.05) is 0 Å². The Kier molecular flexibility index (Phi) is 4.32. The first-order valence-corrected chi connectivity index (χ1v) is 6.03. The fourth-order valence-electron chi connectivity index (χ4n) is 1.64. The van der Waals surface area contributed by atoms with Crippen molar-refractivity contribution < 1.29 is 22.4 Å². The number of benzene rings is 1. The summed E-state index contributed by atoms with van der Waals surface area (Å²) in [6, 6.07) is 7.39. The molecule has 0 unspecified atom stereocenters. The largest absolute Gasteiger partial charge is 0.472 e. The lowest BCUT2D eigenvalue weighted by Gasteiger charge is -2.09. The summed E-state index contributed by atoms with van der Waals surface area (Å²) in [5.74, 6) is -0.803. The summed E-state index contributed by atoms with van der Waals surface area (Å²) in [6.07, 6.45) is -0.543. The predicted octanol–water partition coefficient (Wildman–Crippen LogP) is 3.84. The molecule has 0 atom stereocenters. The van der Waals surface area contributed by atoms with Gasteiger partial charge in [0.15, 0.2) is 0 Å². The predicted molar refractivity (Wildman–Crippen MR) is 72.4 cm³/mol. The Morgan fingerprint density at radius 1 is 1.32 bits per heavy atom. The van der Waals surface area contributed by atoms with Crippen molar-refractivity contribution in [2.45, 2.75) is 6.18 Å². The van der Waals surface area contributed by atoms with Gasteiger partial charge in [-0.1, -0.05) is 6.07 Å². The summed E-state index contributed by atoms with van der Waals surface area (Å²) in [5.41, 5.74) is -0.689. The average Bonchev–Trinajstić information content (AvgIpc) is 2.97. The number of rotatable bonds is 3. The van der Waals surface area contributed by atoms with Gasteiger partial charge in [-0.2, -0.15) is 18.4 Å². The van der Waals surface area contributed by atoms with Crippen molar-refractivity contribution in [2.75, 3.05) is 5.32 Å². The van der Waals surface area contributed by atoms with Crippen LogP contribution in [0.5, 0.6) is 0 Å². The van der Waals surface area contributed by atoms with Crippen LogP contribution in [-0.4, -0.2) is 5.91 Å². The van der Waals surface area contributed by atoms with Crippen LogP contribution in [-0.2, 0) is 11.0 Å². The topological polar surface area (TPSA) is 66.0 Å². The number of halogens is 3. The number of carbonyl (C=O) groups excluding carboxylic acids is 1. The molecular formula is C15H9F3N2O2. The Labute approximate surface area is 123 Å². The van der Waals surface area contributed by atoms with Gasteiger partial charge >= 0.3 is 6.18 Å². The van der Waals surface area contributed by atoms with Gasteiger partial charge in [0.2, 0.25) is 0 Å². The lowest BCUT2D eigenvalue weighted by molar-refractivity contribution is -0.137. The zero-order valence-electron chi connectivity index (χ0n) is 11.0. The first kappa shape index (κ1) is 15.4. The van der Waals surface area contributed by atoms with E-state index >= 15 is 0 Å². The van der Waals surface area contributed by atoms with Crippen LogP contribution in [0.3, 0.4) is 0 Å². The van der Waals surface area contributed by atoms with E-state index in [9.17, 15) is 18.0 Å². The summed E-state index contributed by atoms with van der Waals surface area (Å²) in [5, 5.41) is 11.2. The Morgan fingerprint density at radius 3 is 2.68 bits per heavy atom. The average molecular weight is 306 g/mol. The van der Waals surface area contributed by atoms with Gasteiger partial charge in [0.25, 0.3) is 5.91 Å². The highest BCUT2D eigenvalue weighted by molar-refractivity contribution is 6.09. The second kappa shape index (κ2) is 6.18. The van der Waals surface area contributed by atoms with Crippen LogP contribution < -0.4 is 5.32 Å². The minimum atomic E-state index is -4.51. The monoisotopic (exact) mass is 306 g/mol. The summed E-state index contributed by atoms with van der Waals surface area (Å²) >= 11 is 0. The van der Waals surface area contributed by atoms with Crippen molar-refractivity contribution >= 4 is 17.7 Å². The van der Waals surface area contributed by atoms with Gasteiger partial charge in [-0.05, 0) is 30.3 Å². The fraction of sp³-hybridized carbons (Fsp3) is 0.0667. The van der Waals surface area contributed by atoms with E-state index in [1.54, 1.807) is 6.07 Å². The molecule has 2 aromatic rings. The molecule has 22 heavy (non-hydrogen) atoms. The fourth-order valence-corrected chi connectivity index (χ4v) is 1.64. The lowest BCUT2D eigenvalue weighted by atomic mass is 10.1. The molecule has 1 amide bonds. The highest BCUT2D eigenvalue weighted by Crippen LogP contribution is 2.30. The van der Waals surface area contributed by atoms with Crippen LogP contribution in [0.4, 0.5) is 18.9 Å². The van der Waals surface area contributed by atoms with E-state index in [4.69, 9.17) is 9.68 Å². The second-order valence-electron chi connectivity index (χ2n) is 4.26. The van der Waals surface area contributed by atoms with Crippen LogP contribution >= 0.6 is 0 Å². The van der Waals surface area contributed by atoms with Crippen LogP contribution in [0, 0.1) is 11.3 Å². The molecule has 4 nitrogen and oxygen atoms in total. The van der Waals surface area contributed by atoms with Gasteiger partial charge in [0.1, 0.15) is 11.6 Å². The molecule has 0 saturated carbocycles. The lowest BCUT2D eigenvalue weighted by Crippen LogP contribution is -2.14. The number of alkyl halides is 3. The molecule has 1 heterocycles. The Morgan fingerprint density at radius 2 is 2.09 bits per heavy atom. The quantitative estimate of drug-likeness (QED) is 0.692. The summed E-state index contributed by atoms with van der Waals surface area (Å²) in [6.45, 7) is 0. The maximum atomic E-state index is 12.6. The van der Waals surface area contributed by atoms with Crippen molar-refractivity contribution in [3.05, 3.63) is 59.6 Å². The van der Waals surface area contributed by atoms with Crippen molar-refractivity contribution in [3.8, 4) is 6.07 Å². The van der Waals surface area contributed by atoms with Gasteiger partial charge in [0, 0.05) is 11.3 Å². The van der Waals surface area contributed by atoms with Crippen molar-refractivity contribution in [2.24, 2.45) is 0 Å². The van der Waals surface area contributed by atoms with Gasteiger partial charge in [-0.3, -0.25) is 4.79 Å². The Balaban J connectivity index is 2.20. The van der Waals surface area contributed by atoms with E-state index in [-0.39, 0.29) is 11.3 Å². The molecule has 0 fully saturated rings. The molecule has 112 valence electrons. The van der Waals surface area contributed by atoms with Crippen LogP contribution in [0.25, 0.3) is 6.08 Å². The molecule has 0 aliphatic carbocycles. The minimum absolute atomic E-state index is 0.0480. The molecular weight excluding hydrogens is 297 g/mol. The maximum Gasteiger partial charge on any atom is 0.416 e.